The van der Waals surface area contributed by atoms with Gasteiger partial charge in [0.25, 0.3) is 23.6 Å². The summed E-state index contributed by atoms with van der Waals surface area (Å²) in [6, 6.07) is 47.6. The summed E-state index contributed by atoms with van der Waals surface area (Å²) < 4.78 is 67.5. The zero-order valence-corrected chi connectivity index (χ0v) is 67.9. The lowest BCUT2D eigenvalue weighted by Gasteiger charge is -2.29. The number of benzene rings is 8. The molecule has 8 aromatic carbocycles. The van der Waals surface area contributed by atoms with E-state index in [0.717, 1.165) is 112 Å². The standard InChI is InChI=1S/C26H33N3O3.C23H27N3O3.C21H22N2O4.C21H20N2O4/c1-6-26(4,5)28-21-14-13-18-19(21)10-9-11-20(18)24-27-25(32-29-24)17-12-15-22(30-7-2)23(16-17)31-8-3;1-5-27-20-13-10-15(14-21(20)28-6-2)23-24-22(25-29-23)18-9-7-8-17-16(18)11-12-19(17)26(3)4;2*1-3-25-18-11-8-13(12-19(18)26-4-2)21-22-20(23-27-21)16-7-5-6-15-14(16)9-10-17(15)24/h9-12,15-16,21,28H,6-8,13-14H2,1-5H3;7-10,13-14,19H,5-6,11-12H2,1-4H3;5-8,11-12,17,24H,3-4,9-10H2,1-2H3;5-8,11-12H,3-4,9-10H2,1-2H3. The molecule has 0 amide bonds. The number of aliphatic hydroxyl groups excluding tert-OH is 1. The molecule has 0 spiro atoms. The van der Waals surface area contributed by atoms with E-state index in [9.17, 15) is 9.90 Å². The number of ether oxygens (including phenoxy) is 8. The highest BCUT2D eigenvalue weighted by atomic mass is 16.5. The van der Waals surface area contributed by atoms with Gasteiger partial charge >= 0.3 is 0 Å². The van der Waals surface area contributed by atoms with Crippen molar-refractivity contribution in [3.8, 4) is 137 Å². The molecule has 0 radical (unpaired) electrons. The fourth-order valence-corrected chi connectivity index (χ4v) is 15.0. The van der Waals surface area contributed by atoms with E-state index in [1.54, 1.807) is 0 Å². The summed E-state index contributed by atoms with van der Waals surface area (Å²) in [5, 5.41) is 30.8. The molecular formula is C91H102N10O14. The van der Waals surface area contributed by atoms with Crippen LogP contribution in [0, 0.1) is 0 Å². The van der Waals surface area contributed by atoms with Gasteiger partial charge in [-0.2, -0.15) is 19.9 Å². The number of hydrogen-bond donors (Lipinski definition) is 2. The first-order chi connectivity index (χ1) is 56.0. The van der Waals surface area contributed by atoms with E-state index in [4.69, 9.17) is 61.0 Å². The van der Waals surface area contributed by atoms with Crippen LogP contribution in [0.15, 0.2) is 164 Å². The SMILES string of the molecule is CCOc1ccc(-c2nc(-c3cccc4c3CCC4=O)no2)cc1OCC.CCOc1ccc(-c2nc(-c3cccc4c3CCC4N(C)C)no2)cc1OCC.CCOc1ccc(-c2nc(-c3cccc4c3CCC4NC(C)(C)CC)no2)cc1OCC.CCOc1ccc(-c2nc(-c3cccc4c3CCC4O)no2)cc1OCC. The Morgan fingerprint density at radius 2 is 0.704 bits per heavy atom. The predicted molar refractivity (Wildman–Crippen MR) is 439 cm³/mol. The number of carbonyl (C=O) groups is 1. The van der Waals surface area contributed by atoms with E-state index in [0.29, 0.717) is 171 Å². The Labute approximate surface area is 671 Å². The zero-order chi connectivity index (χ0) is 80.7. The summed E-state index contributed by atoms with van der Waals surface area (Å²) in [5.74, 6) is 9.67. The highest BCUT2D eigenvalue weighted by Crippen LogP contribution is 2.45. The minimum Gasteiger partial charge on any atom is -0.490 e. The minimum atomic E-state index is -0.411. The Bertz CT molecular complexity index is 5310. The molecule has 24 nitrogen and oxygen atoms in total. The third-order valence-electron chi connectivity index (χ3n) is 20.7. The van der Waals surface area contributed by atoms with Crippen molar-refractivity contribution in [2.45, 2.75) is 158 Å². The van der Waals surface area contributed by atoms with Gasteiger partial charge in [-0.1, -0.05) is 100 Å². The number of ketones is 1. The van der Waals surface area contributed by atoms with E-state index in [-0.39, 0.29) is 11.3 Å². The molecule has 12 aromatic rings. The molecule has 2 N–H and O–H groups in total. The predicted octanol–water partition coefficient (Wildman–Crippen LogP) is 19.2. The number of rotatable bonds is 28. The van der Waals surface area contributed by atoms with Crippen LogP contribution in [-0.2, 0) is 25.7 Å². The van der Waals surface area contributed by atoms with Gasteiger partial charge in [-0.05, 0) is 246 Å². The summed E-state index contributed by atoms with van der Waals surface area (Å²) in [6.07, 6.45) is 7.68. The molecule has 16 rings (SSSR count). The van der Waals surface area contributed by atoms with Gasteiger partial charge in [0.05, 0.1) is 59.0 Å². The van der Waals surface area contributed by atoms with Gasteiger partial charge in [-0.25, -0.2) is 0 Å². The third-order valence-corrected chi connectivity index (χ3v) is 20.7. The Hall–Kier alpha value is -11.7. The molecular weight excluding hydrogens is 1460 g/mol. The van der Waals surface area contributed by atoms with Crippen LogP contribution in [-0.4, -0.2) is 129 Å². The zero-order valence-electron chi connectivity index (χ0n) is 67.9. The first kappa shape index (κ1) is 81.3. The third kappa shape index (κ3) is 18.4. The fraction of sp³-hybridized carbons (Fsp3) is 0.374. The van der Waals surface area contributed by atoms with Crippen molar-refractivity contribution in [2.24, 2.45) is 0 Å². The molecule has 3 atom stereocenters. The number of fused-ring (bicyclic) bond motifs is 4. The first-order valence-corrected chi connectivity index (χ1v) is 40.1. The topological polar surface area (TPSA) is 282 Å². The highest BCUT2D eigenvalue weighted by Gasteiger charge is 2.33. The average Bonchev–Trinajstić information content (AvgIpc) is 1.63. The quantitative estimate of drug-likeness (QED) is 0.0461. The van der Waals surface area contributed by atoms with E-state index >= 15 is 0 Å². The lowest BCUT2D eigenvalue weighted by Crippen LogP contribution is -2.40. The van der Waals surface area contributed by atoms with Crippen LogP contribution < -0.4 is 43.2 Å². The van der Waals surface area contributed by atoms with Gasteiger partial charge < -0.3 is 71.3 Å². The first-order valence-electron chi connectivity index (χ1n) is 40.1. The number of nitrogens with zero attached hydrogens (tertiary/aromatic N) is 9. The van der Waals surface area contributed by atoms with Crippen LogP contribution in [0.25, 0.3) is 91.4 Å². The van der Waals surface area contributed by atoms with E-state index in [1.165, 1.54) is 22.3 Å². The van der Waals surface area contributed by atoms with Gasteiger partial charge in [0.1, 0.15) is 0 Å². The number of carbonyl (C=O) groups excluding carboxylic acids is 1. The molecule has 3 unspecified atom stereocenters. The van der Waals surface area contributed by atoms with Crippen molar-refractivity contribution in [3.05, 3.63) is 190 Å². The van der Waals surface area contributed by atoms with Crippen molar-refractivity contribution < 1.29 is 65.9 Å². The second kappa shape index (κ2) is 37.5. The number of aromatic nitrogens is 8. The normalized spacial score (nSPS) is 14.9. The van der Waals surface area contributed by atoms with Gasteiger partial charge in [0.2, 0.25) is 23.3 Å². The van der Waals surface area contributed by atoms with E-state index < -0.39 is 6.10 Å². The van der Waals surface area contributed by atoms with Gasteiger partial charge in [0, 0.05) is 74.1 Å². The summed E-state index contributed by atoms with van der Waals surface area (Å²) in [5.41, 5.74) is 16.3. The van der Waals surface area contributed by atoms with Crippen LogP contribution in [0.4, 0.5) is 0 Å². The molecule has 4 aliphatic rings. The Morgan fingerprint density at radius 1 is 0.383 bits per heavy atom. The van der Waals surface area contributed by atoms with Gasteiger partial charge in [0.15, 0.2) is 51.8 Å². The van der Waals surface area contributed by atoms with Crippen molar-refractivity contribution in [1.82, 2.24) is 50.8 Å². The van der Waals surface area contributed by atoms with Crippen LogP contribution in [0.1, 0.15) is 176 Å². The number of aliphatic hydroxyl groups is 1. The molecule has 0 aliphatic heterocycles. The summed E-state index contributed by atoms with van der Waals surface area (Å²) in [4.78, 5) is 32.8. The van der Waals surface area contributed by atoms with Crippen LogP contribution in [0.2, 0.25) is 0 Å². The van der Waals surface area contributed by atoms with Crippen LogP contribution in [0.3, 0.4) is 0 Å². The molecule has 4 aromatic heterocycles. The summed E-state index contributed by atoms with van der Waals surface area (Å²) >= 11 is 0. The fourth-order valence-electron chi connectivity index (χ4n) is 15.0. The maximum atomic E-state index is 12.0. The molecule has 24 heteroatoms. The molecule has 4 heterocycles. The van der Waals surface area contributed by atoms with Crippen molar-refractivity contribution in [2.75, 3.05) is 67.0 Å². The molecule has 0 fully saturated rings. The maximum Gasteiger partial charge on any atom is 0.258 e. The molecule has 600 valence electrons. The molecule has 0 saturated carbocycles. The molecule has 0 saturated heterocycles. The van der Waals surface area contributed by atoms with Crippen molar-refractivity contribution in [1.29, 1.82) is 0 Å². The Kier molecular flexibility index (Phi) is 26.5. The Morgan fingerprint density at radius 3 is 1.09 bits per heavy atom. The van der Waals surface area contributed by atoms with Crippen molar-refractivity contribution in [3.63, 3.8) is 0 Å². The largest absolute Gasteiger partial charge is 0.490 e. The number of nitrogens with one attached hydrogen (secondary N) is 1. The summed E-state index contributed by atoms with van der Waals surface area (Å²) in [7, 11) is 4.25. The minimum absolute atomic E-state index is 0.105. The lowest BCUT2D eigenvalue weighted by atomic mass is 9.97. The summed E-state index contributed by atoms with van der Waals surface area (Å²) in [6.45, 7) is 26.7. The monoisotopic (exact) mass is 1560 g/mol. The molecule has 115 heavy (non-hydrogen) atoms. The second-order valence-corrected chi connectivity index (χ2v) is 28.7. The lowest BCUT2D eigenvalue weighted by molar-refractivity contribution is 0.0994. The molecule has 4 aliphatic carbocycles. The number of hydrogen-bond acceptors (Lipinski definition) is 24. The van der Waals surface area contributed by atoms with E-state index in [2.05, 4.69) is 117 Å². The number of Topliss-reactive ketones (excluding diaryl/α,β-unsaturated/α-hetero) is 1. The van der Waals surface area contributed by atoms with Crippen LogP contribution in [0.5, 0.6) is 46.0 Å². The highest BCUT2D eigenvalue weighted by molar-refractivity contribution is 6.02. The molecule has 0 bridgehead atoms. The van der Waals surface area contributed by atoms with Gasteiger partial charge in [-0.15, -0.1) is 0 Å². The van der Waals surface area contributed by atoms with E-state index in [1.807, 2.05) is 165 Å². The smallest absolute Gasteiger partial charge is 0.258 e. The van der Waals surface area contributed by atoms with Crippen molar-refractivity contribution >= 4 is 5.78 Å². The van der Waals surface area contributed by atoms with Crippen LogP contribution >= 0.6 is 0 Å². The average molecular weight is 1560 g/mol. The Balaban J connectivity index is 0.000000134. The second-order valence-electron chi connectivity index (χ2n) is 28.7. The maximum absolute atomic E-state index is 12.0. The van der Waals surface area contributed by atoms with Gasteiger partial charge in [-0.3, -0.25) is 4.79 Å².